The number of nitriles is 1. The average molecular weight is 218 g/mol. The van der Waals surface area contributed by atoms with Crippen molar-refractivity contribution in [2.75, 3.05) is 26.0 Å². The van der Waals surface area contributed by atoms with Crippen LogP contribution in [0.2, 0.25) is 0 Å². The van der Waals surface area contributed by atoms with E-state index in [1.54, 1.807) is 12.3 Å². The van der Waals surface area contributed by atoms with Gasteiger partial charge in [0.25, 0.3) is 0 Å². The van der Waals surface area contributed by atoms with Crippen molar-refractivity contribution in [2.24, 2.45) is 0 Å². The van der Waals surface area contributed by atoms with Crippen molar-refractivity contribution < 1.29 is 0 Å². The van der Waals surface area contributed by atoms with E-state index in [0.717, 1.165) is 18.7 Å². The van der Waals surface area contributed by atoms with Crippen LogP contribution in [0.25, 0.3) is 0 Å². The van der Waals surface area contributed by atoms with Gasteiger partial charge in [0, 0.05) is 6.04 Å². The summed E-state index contributed by atoms with van der Waals surface area (Å²) >= 11 is 0. The monoisotopic (exact) mass is 218 g/mol. The number of nitrogens with one attached hydrogen (secondary N) is 1. The number of nitrogens with zero attached hydrogens (tertiary/aromatic N) is 3. The molecule has 4 heteroatoms. The second-order valence-corrected chi connectivity index (χ2v) is 4.18. The fraction of sp³-hybridized carbons (Fsp3) is 0.500. The van der Waals surface area contributed by atoms with E-state index in [-0.39, 0.29) is 0 Å². The molecule has 0 radical (unpaired) electrons. The molecule has 86 valence electrons. The minimum atomic E-state index is 0.400. The summed E-state index contributed by atoms with van der Waals surface area (Å²) < 4.78 is 0. The zero-order valence-electron chi connectivity index (χ0n) is 10.1. The smallest absolute Gasteiger partial charge is 0.140 e. The number of pyridine rings is 1. The molecule has 0 aromatic carbocycles. The fourth-order valence-corrected chi connectivity index (χ4v) is 1.35. The Balaban J connectivity index is 2.44. The summed E-state index contributed by atoms with van der Waals surface area (Å²) in [6.45, 7) is 3.19. The third kappa shape index (κ3) is 4.28. The molecule has 1 aromatic heterocycles. The zero-order chi connectivity index (χ0) is 12.0. The minimum absolute atomic E-state index is 0.400. The molecule has 0 spiro atoms. The molecule has 0 aliphatic rings. The molecule has 0 aliphatic carbocycles. The molecule has 1 unspecified atom stereocenters. The molecular formula is C12H18N4. The summed E-state index contributed by atoms with van der Waals surface area (Å²) in [5.41, 5.74) is 1.41. The third-order valence-corrected chi connectivity index (χ3v) is 2.30. The summed E-state index contributed by atoms with van der Waals surface area (Å²) in [4.78, 5) is 6.17. The molecular weight excluding hydrogens is 200 g/mol. The molecule has 0 bridgehead atoms. The molecule has 1 N–H and O–H groups in total. The van der Waals surface area contributed by atoms with E-state index in [2.05, 4.69) is 36.2 Å². The molecule has 1 aromatic rings. The molecule has 0 saturated carbocycles. The standard InChI is InChI=1S/C12H18N4/c1-10(6-7-16(2)3)15-12-5-4-11(8-13)14-9-12/h4-5,9-10,15H,6-7H2,1-3H3. The van der Waals surface area contributed by atoms with Crippen LogP contribution >= 0.6 is 0 Å². The Bertz CT molecular complexity index is 350. The van der Waals surface area contributed by atoms with E-state index in [1.807, 2.05) is 12.1 Å². The Morgan fingerprint density at radius 3 is 2.75 bits per heavy atom. The quantitative estimate of drug-likeness (QED) is 0.817. The van der Waals surface area contributed by atoms with Gasteiger partial charge in [-0.1, -0.05) is 0 Å². The lowest BCUT2D eigenvalue weighted by molar-refractivity contribution is 0.390. The summed E-state index contributed by atoms with van der Waals surface area (Å²) in [6, 6.07) is 6.01. The summed E-state index contributed by atoms with van der Waals surface area (Å²) in [5.74, 6) is 0. The summed E-state index contributed by atoms with van der Waals surface area (Å²) in [7, 11) is 4.13. The van der Waals surface area contributed by atoms with Crippen molar-refractivity contribution in [1.29, 1.82) is 5.26 Å². The van der Waals surface area contributed by atoms with Gasteiger partial charge in [-0.15, -0.1) is 0 Å². The maximum atomic E-state index is 8.62. The Labute approximate surface area is 96.9 Å². The SMILES string of the molecule is CC(CCN(C)C)Nc1ccc(C#N)nc1. The first-order valence-electron chi connectivity index (χ1n) is 5.39. The number of anilines is 1. The van der Waals surface area contributed by atoms with Gasteiger partial charge in [0.1, 0.15) is 11.8 Å². The van der Waals surface area contributed by atoms with E-state index in [4.69, 9.17) is 5.26 Å². The van der Waals surface area contributed by atoms with Crippen LogP contribution < -0.4 is 5.32 Å². The van der Waals surface area contributed by atoms with Crippen LogP contribution in [0.15, 0.2) is 18.3 Å². The van der Waals surface area contributed by atoms with E-state index in [1.165, 1.54) is 0 Å². The van der Waals surface area contributed by atoms with Crippen molar-refractivity contribution in [3.05, 3.63) is 24.0 Å². The Hall–Kier alpha value is -1.60. The van der Waals surface area contributed by atoms with E-state index in [9.17, 15) is 0 Å². The minimum Gasteiger partial charge on any atom is -0.381 e. The maximum absolute atomic E-state index is 8.62. The van der Waals surface area contributed by atoms with Crippen molar-refractivity contribution in [3.63, 3.8) is 0 Å². The Morgan fingerprint density at radius 2 is 2.25 bits per heavy atom. The van der Waals surface area contributed by atoms with Crippen LogP contribution in [-0.2, 0) is 0 Å². The van der Waals surface area contributed by atoms with Gasteiger partial charge in [0.05, 0.1) is 11.9 Å². The molecule has 1 heterocycles. The van der Waals surface area contributed by atoms with Gasteiger partial charge in [0.2, 0.25) is 0 Å². The van der Waals surface area contributed by atoms with Crippen LogP contribution in [0.4, 0.5) is 5.69 Å². The summed E-state index contributed by atoms with van der Waals surface area (Å²) in [5, 5.41) is 12.0. The van der Waals surface area contributed by atoms with Crippen LogP contribution in [0, 0.1) is 11.3 Å². The highest BCUT2D eigenvalue weighted by Crippen LogP contribution is 2.08. The fourth-order valence-electron chi connectivity index (χ4n) is 1.35. The largest absolute Gasteiger partial charge is 0.381 e. The predicted octanol–water partition coefficient (Wildman–Crippen LogP) is 1.71. The molecule has 1 rings (SSSR count). The van der Waals surface area contributed by atoms with E-state index >= 15 is 0 Å². The number of aromatic nitrogens is 1. The number of rotatable bonds is 5. The molecule has 0 amide bonds. The van der Waals surface area contributed by atoms with Gasteiger partial charge in [-0.05, 0) is 46.1 Å². The van der Waals surface area contributed by atoms with Gasteiger partial charge < -0.3 is 10.2 Å². The van der Waals surface area contributed by atoms with Crippen LogP contribution in [0.5, 0.6) is 0 Å². The number of hydrogen-bond donors (Lipinski definition) is 1. The molecule has 0 aliphatic heterocycles. The lowest BCUT2D eigenvalue weighted by Crippen LogP contribution is -2.23. The maximum Gasteiger partial charge on any atom is 0.140 e. The highest BCUT2D eigenvalue weighted by atomic mass is 15.1. The Kier molecular flexibility index (Phi) is 4.74. The van der Waals surface area contributed by atoms with E-state index in [0.29, 0.717) is 11.7 Å². The lowest BCUT2D eigenvalue weighted by atomic mass is 10.2. The molecule has 16 heavy (non-hydrogen) atoms. The van der Waals surface area contributed by atoms with Crippen molar-refractivity contribution in [2.45, 2.75) is 19.4 Å². The van der Waals surface area contributed by atoms with Gasteiger partial charge >= 0.3 is 0 Å². The lowest BCUT2D eigenvalue weighted by Gasteiger charge is -2.17. The van der Waals surface area contributed by atoms with Crippen LogP contribution in [0.1, 0.15) is 19.0 Å². The van der Waals surface area contributed by atoms with Gasteiger partial charge in [-0.2, -0.15) is 5.26 Å². The first kappa shape index (κ1) is 12.5. The topological polar surface area (TPSA) is 52.0 Å². The predicted molar refractivity (Wildman–Crippen MR) is 65.2 cm³/mol. The molecule has 0 fully saturated rings. The van der Waals surface area contributed by atoms with Crippen LogP contribution in [-0.4, -0.2) is 36.6 Å². The van der Waals surface area contributed by atoms with Crippen LogP contribution in [0.3, 0.4) is 0 Å². The second kappa shape index (κ2) is 6.09. The first-order valence-corrected chi connectivity index (χ1v) is 5.39. The van der Waals surface area contributed by atoms with Crippen molar-refractivity contribution >= 4 is 5.69 Å². The molecule has 0 saturated heterocycles. The van der Waals surface area contributed by atoms with E-state index < -0.39 is 0 Å². The normalized spacial score (nSPS) is 12.2. The highest BCUT2D eigenvalue weighted by molar-refractivity contribution is 5.43. The zero-order valence-corrected chi connectivity index (χ0v) is 10.1. The summed E-state index contributed by atoms with van der Waals surface area (Å²) in [6.07, 6.45) is 2.78. The highest BCUT2D eigenvalue weighted by Gasteiger charge is 2.03. The van der Waals surface area contributed by atoms with Crippen molar-refractivity contribution in [3.8, 4) is 6.07 Å². The third-order valence-electron chi connectivity index (χ3n) is 2.30. The average Bonchev–Trinajstić information content (AvgIpc) is 2.27. The molecule has 1 atom stereocenters. The van der Waals surface area contributed by atoms with Gasteiger partial charge in [0.15, 0.2) is 0 Å². The van der Waals surface area contributed by atoms with Crippen molar-refractivity contribution in [1.82, 2.24) is 9.88 Å². The van der Waals surface area contributed by atoms with Gasteiger partial charge in [-0.3, -0.25) is 0 Å². The van der Waals surface area contributed by atoms with Gasteiger partial charge in [-0.25, -0.2) is 4.98 Å². The number of hydrogen-bond acceptors (Lipinski definition) is 4. The second-order valence-electron chi connectivity index (χ2n) is 4.18. The Morgan fingerprint density at radius 1 is 1.50 bits per heavy atom. The first-order chi connectivity index (χ1) is 7.61. The molecule has 4 nitrogen and oxygen atoms in total.